The molecule has 1 fully saturated rings. The average molecular weight is 329 g/mol. The third-order valence-corrected chi connectivity index (χ3v) is 3.96. The van der Waals surface area contributed by atoms with Gasteiger partial charge in [0.25, 0.3) is 5.91 Å². The molecule has 1 heterocycles. The Morgan fingerprint density at radius 1 is 1.42 bits per heavy atom. The minimum atomic E-state index is -0.468. The summed E-state index contributed by atoms with van der Waals surface area (Å²) >= 11 is 3.20. The number of hydrogen-bond donors (Lipinski definition) is 0. The van der Waals surface area contributed by atoms with E-state index in [0.717, 1.165) is 19.5 Å². The van der Waals surface area contributed by atoms with Crippen LogP contribution in [0.2, 0.25) is 0 Å². The molecule has 0 aliphatic carbocycles. The molecule has 0 bridgehead atoms. The molecule has 3 nitrogen and oxygen atoms in total. The van der Waals surface area contributed by atoms with E-state index in [1.807, 2.05) is 14.0 Å². The van der Waals surface area contributed by atoms with E-state index in [9.17, 15) is 9.18 Å². The van der Waals surface area contributed by atoms with Crippen LogP contribution in [0.1, 0.15) is 23.7 Å². The largest absolute Gasteiger partial charge is 0.335 e. The van der Waals surface area contributed by atoms with Gasteiger partial charge in [0.1, 0.15) is 5.82 Å². The van der Waals surface area contributed by atoms with E-state index in [-0.39, 0.29) is 17.5 Å². The second kappa shape index (κ2) is 6.01. The molecular weight excluding hydrogens is 311 g/mol. The number of likely N-dealkylation sites (N-methyl/N-ethyl adjacent to an activating group) is 1. The lowest BCUT2D eigenvalue weighted by atomic mass is 10.1. The van der Waals surface area contributed by atoms with Crippen molar-refractivity contribution < 1.29 is 9.18 Å². The molecule has 2 rings (SSSR count). The Balaban J connectivity index is 2.22. The molecule has 1 aromatic rings. The highest BCUT2D eigenvalue weighted by Gasteiger charge is 2.26. The lowest BCUT2D eigenvalue weighted by Crippen LogP contribution is -2.42. The number of rotatable bonds is 1. The van der Waals surface area contributed by atoms with Gasteiger partial charge in [-0.05, 0) is 45.1 Å². The first kappa shape index (κ1) is 14.5. The highest BCUT2D eigenvalue weighted by Crippen LogP contribution is 2.19. The first-order valence-corrected chi connectivity index (χ1v) is 7.23. The molecule has 0 aromatic heterocycles. The summed E-state index contributed by atoms with van der Waals surface area (Å²) in [4.78, 5) is 16.4. The molecule has 1 aliphatic heterocycles. The Bertz CT molecular complexity index is 481. The number of amides is 1. The van der Waals surface area contributed by atoms with Gasteiger partial charge in [-0.2, -0.15) is 0 Å². The van der Waals surface area contributed by atoms with Crippen molar-refractivity contribution in [3.63, 3.8) is 0 Å². The third-order valence-electron chi connectivity index (χ3n) is 3.47. The number of nitrogens with zero attached hydrogens (tertiary/aromatic N) is 2. The fourth-order valence-electron chi connectivity index (χ4n) is 2.49. The molecule has 0 N–H and O–H groups in total. The molecule has 1 amide bonds. The second-order valence-electron chi connectivity index (χ2n) is 5.09. The van der Waals surface area contributed by atoms with E-state index in [4.69, 9.17) is 0 Å². The van der Waals surface area contributed by atoms with Gasteiger partial charge >= 0.3 is 0 Å². The van der Waals surface area contributed by atoms with Crippen molar-refractivity contribution in [3.8, 4) is 0 Å². The van der Waals surface area contributed by atoms with Gasteiger partial charge < -0.3 is 9.80 Å². The summed E-state index contributed by atoms with van der Waals surface area (Å²) in [5.41, 5.74) is 0.152. The second-order valence-corrected chi connectivity index (χ2v) is 6.00. The summed E-state index contributed by atoms with van der Waals surface area (Å²) in [6, 6.07) is 4.68. The van der Waals surface area contributed by atoms with Crippen molar-refractivity contribution in [2.24, 2.45) is 0 Å². The Morgan fingerprint density at radius 2 is 2.16 bits per heavy atom. The molecule has 1 aliphatic rings. The molecule has 1 saturated heterocycles. The highest BCUT2D eigenvalue weighted by atomic mass is 79.9. The van der Waals surface area contributed by atoms with Crippen molar-refractivity contribution in [2.45, 2.75) is 19.4 Å². The van der Waals surface area contributed by atoms with Gasteiger partial charge in [-0.25, -0.2) is 4.39 Å². The maximum atomic E-state index is 13.9. The quantitative estimate of drug-likeness (QED) is 0.791. The number of carbonyl (C=O) groups excluding carboxylic acids is 1. The molecule has 1 aromatic carbocycles. The van der Waals surface area contributed by atoms with Crippen LogP contribution in [0.15, 0.2) is 22.7 Å². The minimum Gasteiger partial charge on any atom is -0.335 e. The van der Waals surface area contributed by atoms with Crippen LogP contribution in [0.25, 0.3) is 0 Å². The normalized spacial score (nSPS) is 21.3. The van der Waals surface area contributed by atoms with Crippen LogP contribution in [0, 0.1) is 5.82 Å². The minimum absolute atomic E-state index is 0.100. The monoisotopic (exact) mass is 328 g/mol. The fourth-order valence-corrected chi connectivity index (χ4v) is 2.82. The fraction of sp³-hybridized carbons (Fsp3) is 0.500. The van der Waals surface area contributed by atoms with Crippen molar-refractivity contribution in [1.82, 2.24) is 9.80 Å². The van der Waals surface area contributed by atoms with Gasteiger partial charge in [-0.1, -0.05) is 15.9 Å². The summed E-state index contributed by atoms with van der Waals surface area (Å²) in [5.74, 6) is -0.683. The number of hydrogen-bond acceptors (Lipinski definition) is 2. The lowest BCUT2D eigenvalue weighted by Gasteiger charge is -2.28. The van der Waals surface area contributed by atoms with Gasteiger partial charge in [0.15, 0.2) is 0 Å². The van der Waals surface area contributed by atoms with Crippen LogP contribution < -0.4 is 0 Å². The molecule has 0 radical (unpaired) electrons. The average Bonchev–Trinajstić information content (AvgIpc) is 2.49. The number of carbonyl (C=O) groups is 1. The van der Waals surface area contributed by atoms with E-state index in [1.54, 1.807) is 17.0 Å². The third kappa shape index (κ3) is 3.34. The number of benzene rings is 1. The zero-order valence-electron chi connectivity index (χ0n) is 11.2. The van der Waals surface area contributed by atoms with Crippen LogP contribution in [0.3, 0.4) is 0 Å². The summed E-state index contributed by atoms with van der Waals surface area (Å²) in [6.07, 6.45) is 0.921. The smallest absolute Gasteiger partial charge is 0.257 e. The van der Waals surface area contributed by atoms with Crippen LogP contribution in [-0.2, 0) is 0 Å². The number of halogens is 2. The van der Waals surface area contributed by atoms with E-state index in [1.165, 1.54) is 6.07 Å². The van der Waals surface area contributed by atoms with Crippen LogP contribution in [-0.4, -0.2) is 48.4 Å². The van der Waals surface area contributed by atoms with E-state index < -0.39 is 5.82 Å². The van der Waals surface area contributed by atoms with Gasteiger partial charge in [0.05, 0.1) is 5.56 Å². The first-order valence-electron chi connectivity index (χ1n) is 6.43. The van der Waals surface area contributed by atoms with Crippen molar-refractivity contribution in [2.75, 3.05) is 26.7 Å². The Hall–Kier alpha value is -0.940. The predicted octanol–water partition coefficient (Wildman–Crippen LogP) is 2.75. The molecule has 19 heavy (non-hydrogen) atoms. The summed E-state index contributed by atoms with van der Waals surface area (Å²) < 4.78 is 14.5. The Labute approximate surface area is 121 Å². The topological polar surface area (TPSA) is 23.6 Å². The van der Waals surface area contributed by atoms with Crippen molar-refractivity contribution >= 4 is 21.8 Å². The Kier molecular flexibility index (Phi) is 4.58. The SMILES string of the molecule is CC1CN(C)CCCN1C(=O)c1ccc(Br)cc1F. The molecule has 0 saturated carbocycles. The van der Waals surface area contributed by atoms with Gasteiger partial charge in [-0.15, -0.1) is 0 Å². The molecule has 104 valence electrons. The van der Waals surface area contributed by atoms with Gasteiger partial charge in [-0.3, -0.25) is 4.79 Å². The maximum Gasteiger partial charge on any atom is 0.257 e. The summed E-state index contributed by atoms with van der Waals surface area (Å²) in [5, 5.41) is 0. The molecule has 1 atom stereocenters. The highest BCUT2D eigenvalue weighted by molar-refractivity contribution is 9.10. The maximum absolute atomic E-state index is 13.9. The molecule has 5 heteroatoms. The van der Waals surface area contributed by atoms with Crippen LogP contribution in [0.5, 0.6) is 0 Å². The Morgan fingerprint density at radius 3 is 2.84 bits per heavy atom. The lowest BCUT2D eigenvalue weighted by molar-refractivity contribution is 0.0691. The molecule has 0 spiro atoms. The van der Waals surface area contributed by atoms with E-state index in [0.29, 0.717) is 11.0 Å². The van der Waals surface area contributed by atoms with Crippen molar-refractivity contribution in [3.05, 3.63) is 34.1 Å². The first-order chi connectivity index (χ1) is 8.99. The zero-order valence-corrected chi connectivity index (χ0v) is 12.8. The van der Waals surface area contributed by atoms with Crippen LogP contribution >= 0.6 is 15.9 Å². The van der Waals surface area contributed by atoms with Crippen molar-refractivity contribution in [1.29, 1.82) is 0 Å². The predicted molar refractivity (Wildman–Crippen MR) is 76.7 cm³/mol. The van der Waals surface area contributed by atoms with E-state index >= 15 is 0 Å². The zero-order chi connectivity index (χ0) is 14.0. The summed E-state index contributed by atoms with van der Waals surface area (Å²) in [6.45, 7) is 4.48. The summed E-state index contributed by atoms with van der Waals surface area (Å²) in [7, 11) is 2.05. The van der Waals surface area contributed by atoms with Crippen LogP contribution in [0.4, 0.5) is 4.39 Å². The van der Waals surface area contributed by atoms with Gasteiger partial charge in [0.2, 0.25) is 0 Å². The van der Waals surface area contributed by atoms with Gasteiger partial charge in [0, 0.05) is 23.6 Å². The standard InChI is InChI=1S/C14H18BrFN2O/c1-10-9-17(2)6-3-7-18(10)14(19)12-5-4-11(15)8-13(12)16/h4-5,8,10H,3,6-7,9H2,1-2H3. The van der Waals surface area contributed by atoms with E-state index in [2.05, 4.69) is 20.8 Å². The molecule has 1 unspecified atom stereocenters. The molecular formula is C14H18BrFN2O.